The zero-order valence-electron chi connectivity index (χ0n) is 16.2. The number of carbonyl (C=O) groups excluding carboxylic acids is 1. The van der Waals surface area contributed by atoms with Crippen LogP contribution in [0.3, 0.4) is 0 Å². The average molecular weight is 378 g/mol. The highest BCUT2D eigenvalue weighted by atomic mass is 16.2. The minimum atomic E-state index is 0.0815. The van der Waals surface area contributed by atoms with Crippen LogP contribution in [-0.4, -0.2) is 49.7 Å². The molecule has 5 rings (SSSR count). The minimum Gasteiger partial charge on any atom is -0.334 e. The van der Waals surface area contributed by atoms with Gasteiger partial charge in [-0.05, 0) is 56.8 Å². The molecule has 146 valence electrons. The van der Waals surface area contributed by atoms with Crippen molar-refractivity contribution in [3.05, 3.63) is 48.2 Å². The van der Waals surface area contributed by atoms with Gasteiger partial charge in [-0.2, -0.15) is 5.10 Å². The van der Waals surface area contributed by atoms with Crippen LogP contribution in [-0.2, 0) is 13.1 Å². The number of nitrogens with zero attached hydrogens (tertiary/aromatic N) is 4. The van der Waals surface area contributed by atoms with Gasteiger partial charge in [-0.15, -0.1) is 0 Å². The van der Waals surface area contributed by atoms with E-state index in [4.69, 9.17) is 0 Å². The van der Waals surface area contributed by atoms with Gasteiger partial charge in [0.05, 0.1) is 23.8 Å². The Morgan fingerprint density at radius 3 is 3.04 bits per heavy atom. The van der Waals surface area contributed by atoms with E-state index in [1.807, 2.05) is 30.6 Å². The summed E-state index contributed by atoms with van der Waals surface area (Å²) in [6.45, 7) is 5.59. The molecule has 3 heterocycles. The molecule has 1 aromatic carbocycles. The molecule has 1 saturated heterocycles. The summed E-state index contributed by atoms with van der Waals surface area (Å²) in [6, 6.07) is 6.08. The van der Waals surface area contributed by atoms with Crippen LogP contribution >= 0.6 is 0 Å². The van der Waals surface area contributed by atoms with Gasteiger partial charge >= 0.3 is 0 Å². The largest absolute Gasteiger partial charge is 0.334 e. The van der Waals surface area contributed by atoms with Gasteiger partial charge in [0, 0.05) is 30.4 Å². The van der Waals surface area contributed by atoms with Crippen LogP contribution in [0.4, 0.5) is 0 Å². The highest BCUT2D eigenvalue weighted by Gasteiger charge is 2.58. The first-order valence-electron chi connectivity index (χ1n) is 10.2. The molecule has 0 bridgehead atoms. The van der Waals surface area contributed by atoms with E-state index < -0.39 is 0 Å². The molecule has 1 spiro atoms. The Labute approximate surface area is 164 Å². The van der Waals surface area contributed by atoms with Crippen molar-refractivity contribution in [1.29, 1.82) is 0 Å². The summed E-state index contributed by atoms with van der Waals surface area (Å²) in [6.07, 6.45) is 8.93. The van der Waals surface area contributed by atoms with E-state index in [0.717, 1.165) is 61.2 Å². The van der Waals surface area contributed by atoms with Crippen LogP contribution < -0.4 is 5.32 Å². The molecule has 7 nitrogen and oxygen atoms in total. The number of imidazole rings is 1. The van der Waals surface area contributed by atoms with E-state index in [9.17, 15) is 4.79 Å². The Morgan fingerprint density at radius 1 is 1.36 bits per heavy atom. The maximum Gasteiger partial charge on any atom is 0.255 e. The highest BCUT2D eigenvalue weighted by molar-refractivity contribution is 6.06. The highest BCUT2D eigenvalue weighted by Crippen LogP contribution is 2.56. The molecule has 1 aliphatic carbocycles. The Morgan fingerprint density at radius 2 is 2.21 bits per heavy atom. The molecule has 2 aliphatic rings. The lowest BCUT2D eigenvalue weighted by Crippen LogP contribution is -2.39. The number of rotatable bonds is 5. The van der Waals surface area contributed by atoms with E-state index in [0.29, 0.717) is 6.54 Å². The SMILES string of the molecule is CCn1ccnc1CN(C(=O)c1cccc2[nH]ncc12)C1CC12CCNCC2. The molecule has 1 saturated carbocycles. The summed E-state index contributed by atoms with van der Waals surface area (Å²) >= 11 is 0. The summed E-state index contributed by atoms with van der Waals surface area (Å²) in [5.74, 6) is 1.03. The first kappa shape index (κ1) is 17.4. The molecule has 1 atom stereocenters. The number of hydrogen-bond donors (Lipinski definition) is 2. The van der Waals surface area contributed by atoms with E-state index in [2.05, 4.69) is 36.9 Å². The predicted octanol–water partition coefficient (Wildman–Crippen LogP) is 2.56. The number of fused-ring (bicyclic) bond motifs is 1. The maximum absolute atomic E-state index is 13.7. The van der Waals surface area contributed by atoms with Crippen molar-refractivity contribution >= 4 is 16.8 Å². The summed E-state index contributed by atoms with van der Waals surface area (Å²) in [7, 11) is 0. The zero-order chi connectivity index (χ0) is 19.1. The molecule has 3 aromatic rings. The lowest BCUT2D eigenvalue weighted by molar-refractivity contribution is 0.0687. The lowest BCUT2D eigenvalue weighted by atomic mass is 9.93. The fourth-order valence-electron chi connectivity index (χ4n) is 4.79. The number of piperidine rings is 1. The topological polar surface area (TPSA) is 78.8 Å². The summed E-state index contributed by atoms with van der Waals surface area (Å²) < 4.78 is 2.12. The van der Waals surface area contributed by atoms with Gasteiger partial charge < -0.3 is 14.8 Å². The first-order valence-corrected chi connectivity index (χ1v) is 10.2. The third-order valence-electron chi connectivity index (χ3n) is 6.55. The molecule has 1 aliphatic heterocycles. The normalized spacial score (nSPS) is 20.5. The van der Waals surface area contributed by atoms with Gasteiger partial charge in [0.2, 0.25) is 0 Å². The Balaban J connectivity index is 1.50. The Kier molecular flexibility index (Phi) is 4.19. The lowest BCUT2D eigenvalue weighted by Gasteiger charge is -2.30. The van der Waals surface area contributed by atoms with Crippen molar-refractivity contribution in [1.82, 2.24) is 30.0 Å². The van der Waals surface area contributed by atoms with Crippen LogP contribution in [0.1, 0.15) is 42.4 Å². The average Bonchev–Trinajstić information content (AvgIpc) is 3.09. The third kappa shape index (κ3) is 2.81. The molecule has 7 heteroatoms. The third-order valence-corrected chi connectivity index (χ3v) is 6.55. The number of aryl methyl sites for hydroxylation is 1. The molecular formula is C21H26N6O. The summed E-state index contributed by atoms with van der Waals surface area (Å²) in [5.41, 5.74) is 1.89. The van der Waals surface area contributed by atoms with Crippen molar-refractivity contribution in [2.75, 3.05) is 13.1 Å². The van der Waals surface area contributed by atoms with Crippen molar-refractivity contribution < 1.29 is 4.79 Å². The van der Waals surface area contributed by atoms with E-state index >= 15 is 0 Å². The number of H-pyrrole nitrogens is 1. The standard InChI is InChI=1S/C21H26N6O/c1-2-26-11-10-23-19(26)14-27(18-12-21(18)6-8-22-9-7-21)20(28)15-4-3-5-17-16(15)13-24-25-17/h3-5,10-11,13,18,22H,2,6-9,12,14H2,1H3,(H,24,25). The van der Waals surface area contributed by atoms with Gasteiger partial charge in [0.15, 0.2) is 0 Å². The number of aromatic nitrogens is 4. The van der Waals surface area contributed by atoms with Crippen LogP contribution in [0.2, 0.25) is 0 Å². The molecule has 0 radical (unpaired) electrons. The van der Waals surface area contributed by atoms with Crippen LogP contribution in [0, 0.1) is 5.41 Å². The predicted molar refractivity (Wildman–Crippen MR) is 107 cm³/mol. The van der Waals surface area contributed by atoms with Gasteiger partial charge in [0.1, 0.15) is 5.82 Å². The smallest absolute Gasteiger partial charge is 0.255 e. The molecular weight excluding hydrogens is 352 g/mol. The second kappa shape index (κ2) is 6.74. The van der Waals surface area contributed by atoms with Crippen LogP contribution in [0.5, 0.6) is 0 Å². The number of carbonyl (C=O) groups is 1. The molecule has 2 N–H and O–H groups in total. The summed E-state index contributed by atoms with van der Waals surface area (Å²) in [5, 5.41) is 11.4. The molecule has 2 aromatic heterocycles. The molecule has 28 heavy (non-hydrogen) atoms. The summed E-state index contributed by atoms with van der Waals surface area (Å²) in [4.78, 5) is 20.3. The minimum absolute atomic E-state index is 0.0815. The number of aromatic amines is 1. The second-order valence-corrected chi connectivity index (χ2v) is 8.03. The van der Waals surface area contributed by atoms with E-state index in [1.54, 1.807) is 6.20 Å². The van der Waals surface area contributed by atoms with E-state index in [-0.39, 0.29) is 17.4 Å². The van der Waals surface area contributed by atoms with Crippen molar-refractivity contribution in [3.63, 3.8) is 0 Å². The van der Waals surface area contributed by atoms with Crippen molar-refractivity contribution in [2.45, 2.75) is 45.3 Å². The van der Waals surface area contributed by atoms with Crippen LogP contribution in [0.15, 0.2) is 36.8 Å². The van der Waals surface area contributed by atoms with Gasteiger partial charge in [-0.1, -0.05) is 6.07 Å². The second-order valence-electron chi connectivity index (χ2n) is 8.03. The Bertz CT molecular complexity index is 999. The van der Waals surface area contributed by atoms with E-state index in [1.165, 1.54) is 0 Å². The molecule has 2 fully saturated rings. The van der Waals surface area contributed by atoms with Crippen LogP contribution in [0.25, 0.3) is 10.9 Å². The molecule has 1 amide bonds. The van der Waals surface area contributed by atoms with Gasteiger partial charge in [-0.25, -0.2) is 4.98 Å². The molecule has 1 unspecified atom stereocenters. The number of benzene rings is 1. The quantitative estimate of drug-likeness (QED) is 0.715. The Hall–Kier alpha value is -2.67. The maximum atomic E-state index is 13.7. The first-order chi connectivity index (χ1) is 13.7. The monoisotopic (exact) mass is 378 g/mol. The number of nitrogens with one attached hydrogen (secondary N) is 2. The fourth-order valence-corrected chi connectivity index (χ4v) is 4.79. The fraction of sp³-hybridized carbons (Fsp3) is 0.476. The zero-order valence-corrected chi connectivity index (χ0v) is 16.2. The van der Waals surface area contributed by atoms with Gasteiger partial charge in [-0.3, -0.25) is 9.89 Å². The number of hydrogen-bond acceptors (Lipinski definition) is 4. The number of amides is 1. The van der Waals surface area contributed by atoms with Crippen molar-refractivity contribution in [3.8, 4) is 0 Å². The van der Waals surface area contributed by atoms with Gasteiger partial charge in [0.25, 0.3) is 5.91 Å². The van der Waals surface area contributed by atoms with Crippen molar-refractivity contribution in [2.24, 2.45) is 5.41 Å².